The van der Waals surface area contributed by atoms with Gasteiger partial charge < -0.3 is 25.0 Å². The van der Waals surface area contributed by atoms with Crippen LogP contribution >= 0.6 is 0 Å². The van der Waals surface area contributed by atoms with Gasteiger partial charge in [0.1, 0.15) is 23.0 Å². The van der Waals surface area contributed by atoms with E-state index in [2.05, 4.69) is 5.32 Å². The van der Waals surface area contributed by atoms with Gasteiger partial charge >= 0.3 is 12.4 Å². The van der Waals surface area contributed by atoms with Crippen LogP contribution < -0.4 is 10.1 Å². The number of rotatable bonds is 2. The normalized spacial score (nSPS) is 15.1. The summed E-state index contributed by atoms with van der Waals surface area (Å²) >= 11 is 0. The van der Waals surface area contributed by atoms with E-state index in [4.69, 9.17) is 9.47 Å². The highest BCUT2D eigenvalue weighted by atomic mass is 16.6. The van der Waals surface area contributed by atoms with E-state index in [9.17, 15) is 19.8 Å². The molecule has 1 spiro atoms. The molecular weight excluding hydrogens is 362 g/mol. The Kier molecular flexibility index (Phi) is 3.18. The summed E-state index contributed by atoms with van der Waals surface area (Å²) in [6.45, 7) is 0. The molecule has 0 atom stereocenters. The zero-order valence-electron chi connectivity index (χ0n) is 14.2. The van der Waals surface area contributed by atoms with Gasteiger partial charge in [0.05, 0.1) is 5.56 Å². The maximum Gasteiger partial charge on any atom is 0.340 e. The van der Waals surface area contributed by atoms with Crippen LogP contribution in [0.2, 0.25) is 0 Å². The van der Waals surface area contributed by atoms with Gasteiger partial charge in [-0.2, -0.15) is 0 Å². The molecule has 3 N–H and O–H groups in total. The highest BCUT2D eigenvalue weighted by Gasteiger charge is 2.53. The van der Waals surface area contributed by atoms with Crippen LogP contribution in [0.1, 0.15) is 27.0 Å². The molecule has 0 fully saturated rings. The van der Waals surface area contributed by atoms with Crippen LogP contribution in [-0.4, -0.2) is 22.6 Å². The molecule has 3 aromatic rings. The van der Waals surface area contributed by atoms with Crippen molar-refractivity contribution in [3.63, 3.8) is 0 Å². The first-order valence-corrected chi connectivity index (χ1v) is 8.39. The second-order valence-electron chi connectivity index (χ2n) is 6.52. The number of esters is 1. The molecule has 0 aliphatic carbocycles. The molecule has 2 aliphatic rings. The molecular formula is C21H12NO6. The number of aromatic hydroxyl groups is 2. The number of fused-ring (bicyclic) bond motifs is 6. The van der Waals surface area contributed by atoms with Gasteiger partial charge in [0.2, 0.25) is 0 Å². The summed E-state index contributed by atoms with van der Waals surface area (Å²) in [7, 11) is 0. The number of phenols is 2. The van der Waals surface area contributed by atoms with E-state index in [1.165, 1.54) is 30.3 Å². The summed E-state index contributed by atoms with van der Waals surface area (Å²) in [5.41, 5.74) is 1.04. The fourth-order valence-electron chi connectivity index (χ4n) is 3.84. The van der Waals surface area contributed by atoms with Gasteiger partial charge in [0.15, 0.2) is 5.60 Å². The first-order valence-electron chi connectivity index (χ1n) is 8.39. The zero-order chi connectivity index (χ0) is 19.5. The number of hydrogen-bond acceptors (Lipinski definition) is 6. The number of phenolic OH excluding ortho intramolecular Hbond substituents is 2. The maximum atomic E-state index is 12.8. The fraction of sp³-hybridized carbons (Fsp3) is 0.0476. The van der Waals surface area contributed by atoms with E-state index >= 15 is 0 Å². The lowest BCUT2D eigenvalue weighted by Crippen LogP contribution is -2.32. The summed E-state index contributed by atoms with van der Waals surface area (Å²) < 4.78 is 11.8. The van der Waals surface area contributed by atoms with E-state index in [0.717, 1.165) is 0 Å². The number of carbonyl (C=O) groups is 1. The molecule has 0 saturated carbocycles. The third-order valence-electron chi connectivity index (χ3n) is 4.97. The fourth-order valence-corrected chi connectivity index (χ4v) is 3.84. The van der Waals surface area contributed by atoms with Crippen LogP contribution in [0.4, 0.5) is 5.69 Å². The highest BCUT2D eigenvalue weighted by Crippen LogP contribution is 2.57. The molecule has 0 aromatic heterocycles. The second kappa shape index (κ2) is 5.50. The molecule has 2 aliphatic heterocycles. The van der Waals surface area contributed by atoms with Crippen LogP contribution in [0, 0.1) is 0 Å². The van der Waals surface area contributed by atoms with Crippen molar-refractivity contribution in [2.24, 2.45) is 0 Å². The zero-order valence-corrected chi connectivity index (χ0v) is 14.2. The van der Waals surface area contributed by atoms with Crippen LogP contribution in [0.3, 0.4) is 0 Å². The monoisotopic (exact) mass is 374 g/mol. The van der Waals surface area contributed by atoms with Gasteiger partial charge in [0, 0.05) is 34.5 Å². The number of anilines is 1. The molecule has 1 amide bonds. The van der Waals surface area contributed by atoms with Gasteiger partial charge in [-0.05, 0) is 36.4 Å². The molecule has 5 rings (SSSR count). The lowest BCUT2D eigenvalue weighted by Gasteiger charge is -2.36. The van der Waals surface area contributed by atoms with E-state index in [1.807, 2.05) is 0 Å². The number of amides is 1. The standard InChI is InChI=1S/C21H12NO6/c23-10-22-11-1-4-15-14(7-11)20(26)28-21(15)16-5-2-12(24)8-18(16)27-19-9-13(25)3-6-17(19)21/h1-9,24-25H,(H,22,23). The Labute approximate surface area is 158 Å². The summed E-state index contributed by atoms with van der Waals surface area (Å²) in [5.74, 6) is 0.0279. The van der Waals surface area contributed by atoms with Gasteiger partial charge in [-0.3, -0.25) is 4.79 Å². The van der Waals surface area contributed by atoms with Crippen molar-refractivity contribution in [3.05, 3.63) is 76.9 Å². The summed E-state index contributed by atoms with van der Waals surface area (Å²) in [6.07, 6.45) is 1.58. The third kappa shape index (κ3) is 2.04. The van der Waals surface area contributed by atoms with Gasteiger partial charge in [-0.1, -0.05) is 6.07 Å². The predicted molar refractivity (Wildman–Crippen MR) is 97.3 cm³/mol. The third-order valence-corrected chi connectivity index (χ3v) is 4.97. The van der Waals surface area contributed by atoms with Crippen LogP contribution in [0.25, 0.3) is 0 Å². The number of nitrogens with one attached hydrogen (secondary N) is 1. The van der Waals surface area contributed by atoms with Crippen molar-refractivity contribution in [3.8, 4) is 23.0 Å². The van der Waals surface area contributed by atoms with Gasteiger partial charge in [-0.25, -0.2) is 4.79 Å². The molecule has 28 heavy (non-hydrogen) atoms. The molecule has 1 radical (unpaired) electrons. The summed E-state index contributed by atoms with van der Waals surface area (Å²) in [6, 6.07) is 13.9. The van der Waals surface area contributed by atoms with Crippen LogP contribution in [0.5, 0.6) is 23.0 Å². The SMILES string of the molecule is O=[C]Nc1ccc2c(c1)C(=O)OC21c2ccc(O)cc2Oc2cc(O)ccc21. The lowest BCUT2D eigenvalue weighted by atomic mass is 9.77. The van der Waals surface area contributed by atoms with Crippen LogP contribution in [0.15, 0.2) is 54.6 Å². The van der Waals surface area contributed by atoms with Crippen molar-refractivity contribution >= 4 is 18.1 Å². The lowest BCUT2D eigenvalue weighted by molar-refractivity contribution is 0.0224. The van der Waals surface area contributed by atoms with Crippen molar-refractivity contribution in [2.75, 3.05) is 5.32 Å². The molecule has 0 bridgehead atoms. The molecule has 0 saturated heterocycles. The second-order valence-corrected chi connectivity index (χ2v) is 6.52. The first-order chi connectivity index (χ1) is 13.5. The summed E-state index contributed by atoms with van der Waals surface area (Å²) in [4.78, 5) is 23.4. The molecule has 0 unspecified atom stereocenters. The number of hydrogen-bond donors (Lipinski definition) is 3. The van der Waals surface area contributed by atoms with E-state index in [0.29, 0.717) is 39.4 Å². The number of carbonyl (C=O) groups excluding carboxylic acids is 2. The van der Waals surface area contributed by atoms with Crippen molar-refractivity contribution < 1.29 is 29.3 Å². The average Bonchev–Trinajstić information content (AvgIpc) is 2.94. The first kappa shape index (κ1) is 16.2. The van der Waals surface area contributed by atoms with Crippen molar-refractivity contribution in [1.29, 1.82) is 0 Å². The Hall–Kier alpha value is -4.00. The van der Waals surface area contributed by atoms with E-state index in [1.54, 1.807) is 30.7 Å². The Morgan fingerprint density at radius 3 is 2.07 bits per heavy atom. The minimum Gasteiger partial charge on any atom is -0.508 e. The largest absolute Gasteiger partial charge is 0.508 e. The Morgan fingerprint density at radius 2 is 1.46 bits per heavy atom. The quantitative estimate of drug-likeness (QED) is 0.470. The maximum absolute atomic E-state index is 12.8. The Balaban J connectivity index is 1.84. The van der Waals surface area contributed by atoms with Crippen molar-refractivity contribution in [1.82, 2.24) is 0 Å². The summed E-state index contributed by atoms with van der Waals surface area (Å²) in [5, 5.41) is 22.2. The van der Waals surface area contributed by atoms with Gasteiger partial charge in [0.25, 0.3) is 0 Å². The molecule has 3 aromatic carbocycles. The van der Waals surface area contributed by atoms with Crippen molar-refractivity contribution in [2.45, 2.75) is 5.60 Å². The van der Waals surface area contributed by atoms with E-state index < -0.39 is 11.6 Å². The molecule has 137 valence electrons. The van der Waals surface area contributed by atoms with Gasteiger partial charge in [-0.15, -0.1) is 0 Å². The molecule has 2 heterocycles. The number of benzene rings is 3. The molecule has 7 nitrogen and oxygen atoms in total. The number of ether oxygens (including phenoxy) is 2. The minimum atomic E-state index is -1.31. The average molecular weight is 374 g/mol. The highest BCUT2D eigenvalue weighted by molar-refractivity contribution is 5.98. The predicted octanol–water partition coefficient (Wildman–Crippen LogP) is 3.14. The van der Waals surface area contributed by atoms with Crippen LogP contribution in [-0.2, 0) is 15.1 Å². The minimum absolute atomic E-state index is 0.0110. The Morgan fingerprint density at radius 1 is 0.857 bits per heavy atom. The molecule has 7 heteroatoms. The smallest absolute Gasteiger partial charge is 0.340 e. The Bertz CT molecular complexity index is 1120. The van der Waals surface area contributed by atoms with E-state index in [-0.39, 0.29) is 11.5 Å². The topological polar surface area (TPSA) is 105 Å².